The standard InChI is InChI=1S/C23H18N2O3S3/c26-22(19-8-4-11-30-19)25-17-6-2-1-5-16(17)24-20(25)13-15(18-7-3-10-29-18)14-9-12-31-21(14)23(27)28/h3-4,7-13H,1-2,5-6H2,(H,27,28)/b15-13+. The number of fused-ring (bicyclic) bond motifs is 1. The molecule has 0 atom stereocenters. The van der Waals surface area contributed by atoms with Crippen molar-refractivity contribution in [1.29, 1.82) is 0 Å². The van der Waals surface area contributed by atoms with E-state index in [1.807, 2.05) is 47.2 Å². The lowest BCUT2D eigenvalue weighted by atomic mass is 10.0. The van der Waals surface area contributed by atoms with Crippen LogP contribution in [0.4, 0.5) is 0 Å². The van der Waals surface area contributed by atoms with E-state index >= 15 is 0 Å². The molecule has 1 aliphatic carbocycles. The highest BCUT2D eigenvalue weighted by Gasteiger charge is 2.26. The first kappa shape index (κ1) is 20.1. The summed E-state index contributed by atoms with van der Waals surface area (Å²) in [5.74, 6) is -0.466. The van der Waals surface area contributed by atoms with Crippen LogP contribution >= 0.6 is 34.0 Å². The summed E-state index contributed by atoms with van der Waals surface area (Å²) < 4.78 is 1.74. The summed E-state index contributed by atoms with van der Waals surface area (Å²) in [5.41, 5.74) is 3.37. The number of aryl methyl sites for hydroxylation is 1. The highest BCUT2D eigenvalue weighted by molar-refractivity contribution is 7.13. The summed E-state index contributed by atoms with van der Waals surface area (Å²) in [6.45, 7) is 0. The Morgan fingerprint density at radius 2 is 1.71 bits per heavy atom. The summed E-state index contributed by atoms with van der Waals surface area (Å²) in [6, 6.07) is 9.44. The van der Waals surface area contributed by atoms with Gasteiger partial charge in [-0.05, 0) is 66.1 Å². The lowest BCUT2D eigenvalue weighted by Crippen LogP contribution is -2.17. The number of imidazole rings is 1. The van der Waals surface area contributed by atoms with Gasteiger partial charge >= 0.3 is 5.97 Å². The lowest BCUT2D eigenvalue weighted by molar-refractivity contribution is 0.0701. The zero-order valence-electron chi connectivity index (χ0n) is 16.4. The topological polar surface area (TPSA) is 72.2 Å². The Kier molecular flexibility index (Phi) is 5.43. The second-order valence-electron chi connectivity index (χ2n) is 7.19. The smallest absolute Gasteiger partial charge is 0.346 e. The van der Waals surface area contributed by atoms with Gasteiger partial charge in [-0.2, -0.15) is 0 Å². The molecule has 0 saturated carbocycles. The molecule has 0 amide bonds. The number of hydrogen-bond acceptors (Lipinski definition) is 6. The van der Waals surface area contributed by atoms with Gasteiger partial charge in [0.15, 0.2) is 0 Å². The van der Waals surface area contributed by atoms with Crippen molar-refractivity contribution in [3.05, 3.63) is 83.9 Å². The highest BCUT2D eigenvalue weighted by Crippen LogP contribution is 2.35. The van der Waals surface area contributed by atoms with E-state index in [0.29, 0.717) is 16.3 Å². The molecule has 5 nitrogen and oxygen atoms in total. The quantitative estimate of drug-likeness (QED) is 0.396. The average molecular weight is 467 g/mol. The van der Waals surface area contributed by atoms with Crippen molar-refractivity contribution in [1.82, 2.24) is 9.55 Å². The Labute approximate surface area is 191 Å². The van der Waals surface area contributed by atoms with E-state index < -0.39 is 5.97 Å². The zero-order chi connectivity index (χ0) is 21.4. The minimum absolute atomic E-state index is 0.0776. The van der Waals surface area contributed by atoms with E-state index in [0.717, 1.165) is 47.5 Å². The Morgan fingerprint density at radius 1 is 0.968 bits per heavy atom. The van der Waals surface area contributed by atoms with Crippen molar-refractivity contribution in [3.8, 4) is 0 Å². The molecular weight excluding hydrogens is 448 g/mol. The van der Waals surface area contributed by atoms with Crippen molar-refractivity contribution in [2.75, 3.05) is 0 Å². The predicted molar refractivity (Wildman–Crippen MR) is 125 cm³/mol. The van der Waals surface area contributed by atoms with Crippen LogP contribution in [0.15, 0.2) is 46.5 Å². The maximum Gasteiger partial charge on any atom is 0.346 e. The molecule has 0 aromatic carbocycles. The molecule has 4 heterocycles. The van der Waals surface area contributed by atoms with Gasteiger partial charge in [0.1, 0.15) is 10.7 Å². The minimum Gasteiger partial charge on any atom is -0.477 e. The van der Waals surface area contributed by atoms with Crippen LogP contribution < -0.4 is 0 Å². The molecule has 31 heavy (non-hydrogen) atoms. The highest BCUT2D eigenvalue weighted by atomic mass is 32.1. The molecule has 0 bridgehead atoms. The number of carboxylic acids is 1. The fraction of sp³-hybridized carbons (Fsp3) is 0.174. The van der Waals surface area contributed by atoms with Crippen LogP contribution in [-0.4, -0.2) is 26.5 Å². The van der Waals surface area contributed by atoms with E-state index in [2.05, 4.69) is 0 Å². The number of carbonyl (C=O) groups excluding carboxylic acids is 1. The second-order valence-corrected chi connectivity index (χ2v) is 10.0. The van der Waals surface area contributed by atoms with Gasteiger partial charge < -0.3 is 5.11 Å². The van der Waals surface area contributed by atoms with Crippen LogP contribution in [0.5, 0.6) is 0 Å². The lowest BCUT2D eigenvalue weighted by Gasteiger charge is -2.13. The number of aromatic carboxylic acids is 1. The van der Waals surface area contributed by atoms with Gasteiger partial charge in [0.2, 0.25) is 0 Å². The number of aromatic nitrogens is 2. The molecule has 1 aliphatic rings. The Hall–Kier alpha value is -2.81. The number of hydrogen-bond donors (Lipinski definition) is 1. The van der Waals surface area contributed by atoms with Gasteiger partial charge in [-0.15, -0.1) is 34.0 Å². The van der Waals surface area contributed by atoms with Gasteiger partial charge in [0.25, 0.3) is 5.91 Å². The van der Waals surface area contributed by atoms with Crippen LogP contribution in [0.2, 0.25) is 0 Å². The molecule has 0 aliphatic heterocycles. The van der Waals surface area contributed by atoms with Crippen molar-refractivity contribution in [2.45, 2.75) is 25.7 Å². The SMILES string of the molecule is O=C(O)c1sccc1/C(=C\c1nc2c(n1C(=O)c1cccs1)CCCC2)c1cccs1. The van der Waals surface area contributed by atoms with Crippen LogP contribution in [0.3, 0.4) is 0 Å². The molecule has 0 fully saturated rings. The average Bonchev–Trinajstić information content (AvgIpc) is 3.57. The third-order valence-corrected chi connectivity index (χ3v) is 7.97. The first-order chi connectivity index (χ1) is 15.1. The second kappa shape index (κ2) is 8.37. The van der Waals surface area contributed by atoms with Crippen molar-refractivity contribution >= 4 is 57.5 Å². The largest absolute Gasteiger partial charge is 0.477 e. The van der Waals surface area contributed by atoms with Crippen molar-refractivity contribution in [3.63, 3.8) is 0 Å². The molecule has 4 aromatic rings. The Morgan fingerprint density at radius 3 is 2.42 bits per heavy atom. The fourth-order valence-corrected chi connectivity index (χ4v) is 6.08. The summed E-state index contributed by atoms with van der Waals surface area (Å²) in [7, 11) is 0. The molecule has 0 spiro atoms. The first-order valence-corrected chi connectivity index (χ1v) is 12.5. The Balaban J connectivity index is 1.72. The van der Waals surface area contributed by atoms with E-state index in [4.69, 9.17) is 4.98 Å². The zero-order valence-corrected chi connectivity index (χ0v) is 18.9. The van der Waals surface area contributed by atoms with Crippen molar-refractivity contribution < 1.29 is 14.7 Å². The van der Waals surface area contributed by atoms with E-state index in [-0.39, 0.29) is 10.8 Å². The molecule has 4 aromatic heterocycles. The third kappa shape index (κ3) is 3.71. The van der Waals surface area contributed by atoms with Gasteiger partial charge in [-0.25, -0.2) is 9.78 Å². The molecule has 8 heteroatoms. The number of thiophene rings is 3. The maximum atomic E-state index is 13.4. The molecule has 0 unspecified atom stereocenters. The Bertz CT molecular complexity index is 1280. The van der Waals surface area contributed by atoms with Crippen LogP contribution in [0.25, 0.3) is 11.6 Å². The summed E-state index contributed by atoms with van der Waals surface area (Å²) in [5, 5.41) is 15.3. The molecule has 0 radical (unpaired) electrons. The number of carboxylic acid groups (broad SMARTS) is 1. The van der Waals surface area contributed by atoms with Gasteiger partial charge in [-0.1, -0.05) is 12.1 Å². The van der Waals surface area contributed by atoms with Crippen LogP contribution in [0, 0.1) is 0 Å². The van der Waals surface area contributed by atoms with E-state index in [9.17, 15) is 14.7 Å². The maximum absolute atomic E-state index is 13.4. The molecule has 156 valence electrons. The molecule has 5 rings (SSSR count). The third-order valence-electron chi connectivity index (χ3n) is 5.30. The number of carbonyl (C=O) groups is 2. The summed E-state index contributed by atoms with van der Waals surface area (Å²) in [4.78, 5) is 32.0. The first-order valence-electron chi connectivity index (χ1n) is 9.89. The monoisotopic (exact) mass is 466 g/mol. The van der Waals surface area contributed by atoms with Crippen LogP contribution in [-0.2, 0) is 12.8 Å². The molecule has 1 N–H and O–H groups in total. The molecule has 0 saturated heterocycles. The minimum atomic E-state index is -0.954. The van der Waals surface area contributed by atoms with E-state index in [1.54, 1.807) is 9.95 Å². The summed E-state index contributed by atoms with van der Waals surface area (Å²) in [6.07, 6.45) is 5.65. The fourth-order valence-electron chi connectivity index (χ4n) is 3.92. The predicted octanol–water partition coefficient (Wildman–Crippen LogP) is 5.92. The van der Waals surface area contributed by atoms with Gasteiger partial charge in [-0.3, -0.25) is 9.36 Å². The van der Waals surface area contributed by atoms with Crippen molar-refractivity contribution in [2.24, 2.45) is 0 Å². The van der Waals surface area contributed by atoms with E-state index in [1.165, 1.54) is 34.0 Å². The van der Waals surface area contributed by atoms with Crippen LogP contribution in [0.1, 0.15) is 59.8 Å². The normalized spacial score (nSPS) is 13.9. The number of rotatable bonds is 5. The van der Waals surface area contributed by atoms with Gasteiger partial charge in [0.05, 0.1) is 10.6 Å². The van der Waals surface area contributed by atoms with Gasteiger partial charge in [0, 0.05) is 21.7 Å². The summed E-state index contributed by atoms with van der Waals surface area (Å²) >= 11 is 4.16. The number of nitrogens with zero attached hydrogens (tertiary/aromatic N) is 2. The molecular formula is C23H18N2O3S3.